The summed E-state index contributed by atoms with van der Waals surface area (Å²) < 4.78 is 5.20. The van der Waals surface area contributed by atoms with Gasteiger partial charge < -0.3 is 10.1 Å². The van der Waals surface area contributed by atoms with Gasteiger partial charge in [0.2, 0.25) is 0 Å². The number of benzene rings is 2. The molecule has 0 fully saturated rings. The number of nitro benzene ring substituents is 2. The number of esters is 1. The fourth-order valence-corrected chi connectivity index (χ4v) is 3.02. The Hall–Kier alpha value is -3.47. The minimum atomic E-state index is -1.01. The van der Waals surface area contributed by atoms with Crippen LogP contribution in [-0.2, 0) is 16.1 Å². The summed E-state index contributed by atoms with van der Waals surface area (Å²) in [6, 6.07) is 10.00. The van der Waals surface area contributed by atoms with Gasteiger partial charge >= 0.3 is 5.97 Å². The standard InChI is InChI=1S/C19H19N3O7S/c1-30-10-9-16(20-18(23)13-6-4-7-15(11-13)21(25)26)19(24)29-12-14-5-2-3-8-17(14)22(27)28/h2-8,11,16H,9-10,12H2,1H3,(H,20,23). The van der Waals surface area contributed by atoms with Crippen LogP contribution in [0, 0.1) is 20.2 Å². The van der Waals surface area contributed by atoms with Crippen LogP contribution in [0.3, 0.4) is 0 Å². The van der Waals surface area contributed by atoms with Crippen LogP contribution in [0.25, 0.3) is 0 Å². The maximum Gasteiger partial charge on any atom is 0.329 e. The average Bonchev–Trinajstić information content (AvgIpc) is 2.74. The lowest BCUT2D eigenvalue weighted by atomic mass is 10.1. The van der Waals surface area contributed by atoms with Crippen LogP contribution in [0.15, 0.2) is 48.5 Å². The van der Waals surface area contributed by atoms with E-state index < -0.39 is 27.8 Å². The highest BCUT2D eigenvalue weighted by atomic mass is 32.2. The molecule has 0 aromatic heterocycles. The first-order chi connectivity index (χ1) is 14.3. The molecule has 10 nitrogen and oxygen atoms in total. The number of hydrogen-bond donors (Lipinski definition) is 1. The Balaban J connectivity index is 2.10. The molecule has 0 saturated heterocycles. The normalized spacial score (nSPS) is 11.4. The first-order valence-electron chi connectivity index (χ1n) is 8.76. The molecule has 158 valence electrons. The van der Waals surface area contributed by atoms with Crippen LogP contribution in [0.5, 0.6) is 0 Å². The monoisotopic (exact) mass is 433 g/mol. The van der Waals surface area contributed by atoms with Crippen molar-refractivity contribution in [3.05, 3.63) is 79.9 Å². The molecular weight excluding hydrogens is 414 g/mol. The van der Waals surface area contributed by atoms with Crippen LogP contribution in [0.1, 0.15) is 22.3 Å². The van der Waals surface area contributed by atoms with Crippen molar-refractivity contribution in [2.45, 2.75) is 19.1 Å². The van der Waals surface area contributed by atoms with Crippen molar-refractivity contribution < 1.29 is 24.2 Å². The number of ether oxygens (including phenoxy) is 1. The highest BCUT2D eigenvalue weighted by molar-refractivity contribution is 7.98. The van der Waals surface area contributed by atoms with Crippen molar-refractivity contribution in [2.24, 2.45) is 0 Å². The summed E-state index contributed by atoms with van der Waals surface area (Å²) in [5.74, 6) is -0.867. The number of nitrogens with zero attached hydrogens (tertiary/aromatic N) is 2. The highest BCUT2D eigenvalue weighted by Crippen LogP contribution is 2.19. The predicted octanol–water partition coefficient (Wildman–Crippen LogP) is 3.10. The van der Waals surface area contributed by atoms with Crippen molar-refractivity contribution in [2.75, 3.05) is 12.0 Å². The third kappa shape index (κ3) is 6.27. The number of rotatable bonds is 10. The molecule has 1 N–H and O–H groups in total. The second kappa shape index (κ2) is 10.9. The van der Waals surface area contributed by atoms with E-state index in [0.29, 0.717) is 5.75 Å². The van der Waals surface area contributed by atoms with Gasteiger partial charge in [0.05, 0.1) is 15.4 Å². The topological polar surface area (TPSA) is 142 Å². The third-order valence-corrected chi connectivity index (χ3v) is 4.72. The Labute approximate surface area is 175 Å². The van der Waals surface area contributed by atoms with E-state index in [1.807, 2.05) is 6.26 Å². The number of carbonyl (C=O) groups excluding carboxylic acids is 2. The molecule has 0 radical (unpaired) electrons. The molecule has 0 saturated carbocycles. The fourth-order valence-electron chi connectivity index (χ4n) is 2.55. The van der Waals surface area contributed by atoms with E-state index >= 15 is 0 Å². The van der Waals surface area contributed by atoms with Crippen molar-refractivity contribution >= 4 is 35.0 Å². The Kier molecular flexibility index (Phi) is 8.29. The molecule has 2 aromatic rings. The van der Waals surface area contributed by atoms with Crippen molar-refractivity contribution in [3.63, 3.8) is 0 Å². The Morgan fingerprint density at radius 1 is 1.10 bits per heavy atom. The maximum absolute atomic E-state index is 12.5. The summed E-state index contributed by atoms with van der Waals surface area (Å²) in [4.78, 5) is 45.8. The van der Waals surface area contributed by atoms with Gasteiger partial charge in [-0.2, -0.15) is 11.8 Å². The highest BCUT2D eigenvalue weighted by Gasteiger charge is 2.24. The van der Waals surface area contributed by atoms with Crippen LogP contribution in [0.4, 0.5) is 11.4 Å². The van der Waals surface area contributed by atoms with Gasteiger partial charge in [0.15, 0.2) is 0 Å². The summed E-state index contributed by atoms with van der Waals surface area (Å²) >= 11 is 1.46. The van der Waals surface area contributed by atoms with E-state index in [1.54, 1.807) is 6.07 Å². The van der Waals surface area contributed by atoms with E-state index in [0.717, 1.165) is 6.07 Å². The van der Waals surface area contributed by atoms with Gasteiger partial charge in [-0.1, -0.05) is 18.2 Å². The van der Waals surface area contributed by atoms with Gasteiger partial charge in [-0.05, 0) is 30.6 Å². The van der Waals surface area contributed by atoms with E-state index in [2.05, 4.69) is 5.32 Å². The largest absolute Gasteiger partial charge is 0.459 e. The lowest BCUT2D eigenvalue weighted by Gasteiger charge is -2.17. The van der Waals surface area contributed by atoms with Crippen LogP contribution < -0.4 is 5.32 Å². The fraction of sp³-hybridized carbons (Fsp3) is 0.263. The second-order valence-corrected chi connectivity index (χ2v) is 7.09. The zero-order chi connectivity index (χ0) is 22.1. The number of carbonyl (C=O) groups is 2. The minimum Gasteiger partial charge on any atom is -0.459 e. The first kappa shape index (κ1) is 22.8. The molecule has 11 heteroatoms. The van der Waals surface area contributed by atoms with Crippen molar-refractivity contribution in [1.82, 2.24) is 5.32 Å². The van der Waals surface area contributed by atoms with Crippen LogP contribution in [-0.4, -0.2) is 39.8 Å². The number of nitro groups is 2. The average molecular weight is 433 g/mol. The summed E-state index contributed by atoms with van der Waals surface area (Å²) in [7, 11) is 0. The number of non-ortho nitro benzene ring substituents is 1. The molecule has 30 heavy (non-hydrogen) atoms. The van der Waals surface area contributed by atoms with Crippen molar-refractivity contribution in [3.8, 4) is 0 Å². The molecule has 0 aliphatic rings. The Bertz CT molecular complexity index is 951. The molecule has 0 spiro atoms. The van der Waals surface area contributed by atoms with Gasteiger partial charge in [-0.25, -0.2) is 4.79 Å². The van der Waals surface area contributed by atoms with E-state index in [4.69, 9.17) is 4.74 Å². The molecule has 0 bridgehead atoms. The van der Waals surface area contributed by atoms with E-state index in [9.17, 15) is 29.8 Å². The minimum absolute atomic E-state index is 0.0323. The zero-order valence-electron chi connectivity index (χ0n) is 16.0. The van der Waals surface area contributed by atoms with E-state index in [-0.39, 0.29) is 35.5 Å². The van der Waals surface area contributed by atoms with Crippen LogP contribution >= 0.6 is 11.8 Å². The number of nitrogens with one attached hydrogen (secondary N) is 1. The Morgan fingerprint density at radius 3 is 2.50 bits per heavy atom. The summed E-state index contributed by atoms with van der Waals surface area (Å²) in [5, 5.41) is 24.5. The number of thioether (sulfide) groups is 1. The third-order valence-electron chi connectivity index (χ3n) is 4.08. The first-order valence-corrected chi connectivity index (χ1v) is 10.2. The molecule has 0 heterocycles. The number of amides is 1. The predicted molar refractivity (Wildman–Crippen MR) is 110 cm³/mol. The quantitative estimate of drug-likeness (QED) is 0.342. The van der Waals surface area contributed by atoms with Gasteiger partial charge in [-0.3, -0.25) is 25.0 Å². The lowest BCUT2D eigenvalue weighted by Crippen LogP contribution is -2.42. The maximum atomic E-state index is 12.5. The van der Waals surface area contributed by atoms with Crippen molar-refractivity contribution in [1.29, 1.82) is 0 Å². The number of para-hydroxylation sites is 1. The smallest absolute Gasteiger partial charge is 0.329 e. The molecule has 2 rings (SSSR count). The molecule has 0 aliphatic carbocycles. The summed E-state index contributed by atoms with van der Waals surface area (Å²) in [6.45, 7) is -0.321. The van der Waals surface area contributed by atoms with Gasteiger partial charge in [0.1, 0.15) is 12.6 Å². The second-order valence-electron chi connectivity index (χ2n) is 6.11. The van der Waals surface area contributed by atoms with Gasteiger partial charge in [0.25, 0.3) is 17.3 Å². The zero-order valence-corrected chi connectivity index (χ0v) is 16.8. The van der Waals surface area contributed by atoms with Gasteiger partial charge in [0, 0.05) is 23.8 Å². The van der Waals surface area contributed by atoms with Crippen LogP contribution in [0.2, 0.25) is 0 Å². The molecule has 2 aromatic carbocycles. The summed E-state index contributed by atoms with van der Waals surface area (Å²) in [6.07, 6.45) is 2.09. The number of hydrogen-bond acceptors (Lipinski definition) is 8. The van der Waals surface area contributed by atoms with E-state index in [1.165, 1.54) is 48.2 Å². The summed E-state index contributed by atoms with van der Waals surface area (Å²) in [5.41, 5.74) is -0.164. The SMILES string of the molecule is CSCCC(NC(=O)c1cccc([N+](=O)[O-])c1)C(=O)OCc1ccccc1[N+](=O)[O-]. The molecule has 1 atom stereocenters. The molecular formula is C19H19N3O7S. The molecule has 0 aliphatic heterocycles. The lowest BCUT2D eigenvalue weighted by molar-refractivity contribution is -0.385. The molecule has 1 unspecified atom stereocenters. The molecule has 1 amide bonds. The van der Waals surface area contributed by atoms with Gasteiger partial charge in [-0.15, -0.1) is 0 Å². The Morgan fingerprint density at radius 2 is 1.83 bits per heavy atom.